The fourth-order valence-corrected chi connectivity index (χ4v) is 4.89. The molecular formula is C24H30ClN3O. The van der Waals surface area contributed by atoms with Gasteiger partial charge < -0.3 is 4.90 Å². The first-order chi connectivity index (χ1) is 14.1. The van der Waals surface area contributed by atoms with Crippen LogP contribution in [-0.4, -0.2) is 52.9 Å². The number of pyridine rings is 1. The fourth-order valence-electron chi connectivity index (χ4n) is 4.76. The summed E-state index contributed by atoms with van der Waals surface area (Å²) >= 11 is 6.00. The van der Waals surface area contributed by atoms with Gasteiger partial charge in [-0.3, -0.25) is 14.7 Å². The van der Waals surface area contributed by atoms with Crippen LogP contribution in [0.1, 0.15) is 55.5 Å². The van der Waals surface area contributed by atoms with Crippen LogP contribution in [0.15, 0.2) is 42.5 Å². The Kier molecular flexibility index (Phi) is 6.51. The second-order valence-electron chi connectivity index (χ2n) is 8.43. The molecule has 2 aromatic rings. The SMILES string of the molecule is CC(=O)N1CCC(N2CCCC(c3cccc(Cc4ccc(Cl)cc4)n3)C2)CC1. The molecule has 4 nitrogen and oxygen atoms in total. The predicted molar refractivity (Wildman–Crippen MR) is 117 cm³/mol. The molecule has 5 heteroatoms. The van der Waals surface area contributed by atoms with E-state index < -0.39 is 0 Å². The molecule has 1 aromatic carbocycles. The van der Waals surface area contributed by atoms with Crippen molar-refractivity contribution in [1.82, 2.24) is 14.8 Å². The van der Waals surface area contributed by atoms with Gasteiger partial charge in [0.15, 0.2) is 0 Å². The number of halogens is 1. The summed E-state index contributed by atoms with van der Waals surface area (Å²) in [6, 6.07) is 15.1. The van der Waals surface area contributed by atoms with Gasteiger partial charge in [-0.05, 0) is 62.1 Å². The van der Waals surface area contributed by atoms with Gasteiger partial charge in [0.1, 0.15) is 0 Å². The van der Waals surface area contributed by atoms with E-state index in [1.54, 1.807) is 6.92 Å². The molecule has 0 bridgehead atoms. The van der Waals surface area contributed by atoms with Gasteiger partial charge in [0.25, 0.3) is 0 Å². The van der Waals surface area contributed by atoms with E-state index in [1.165, 1.54) is 30.6 Å². The molecule has 0 aliphatic carbocycles. The highest BCUT2D eigenvalue weighted by molar-refractivity contribution is 6.30. The van der Waals surface area contributed by atoms with Gasteiger partial charge >= 0.3 is 0 Å². The van der Waals surface area contributed by atoms with Crippen LogP contribution >= 0.6 is 11.6 Å². The van der Waals surface area contributed by atoms with Crippen LogP contribution < -0.4 is 0 Å². The average molecular weight is 412 g/mol. The Hall–Kier alpha value is -1.91. The molecule has 0 spiro atoms. The summed E-state index contributed by atoms with van der Waals surface area (Å²) in [4.78, 5) is 21.3. The Balaban J connectivity index is 1.39. The molecule has 1 amide bonds. The molecule has 1 atom stereocenters. The van der Waals surface area contributed by atoms with Crippen molar-refractivity contribution in [3.8, 4) is 0 Å². The van der Waals surface area contributed by atoms with Gasteiger partial charge in [0.05, 0.1) is 0 Å². The summed E-state index contributed by atoms with van der Waals surface area (Å²) < 4.78 is 0. The van der Waals surface area contributed by atoms with Crippen LogP contribution in [-0.2, 0) is 11.2 Å². The summed E-state index contributed by atoms with van der Waals surface area (Å²) in [6.45, 7) is 5.74. The molecule has 1 unspecified atom stereocenters. The second-order valence-corrected chi connectivity index (χ2v) is 8.86. The molecule has 2 saturated heterocycles. The third-order valence-electron chi connectivity index (χ3n) is 6.42. The number of piperidine rings is 2. The van der Waals surface area contributed by atoms with Crippen molar-refractivity contribution < 1.29 is 4.79 Å². The molecule has 1 aromatic heterocycles. The topological polar surface area (TPSA) is 36.4 Å². The highest BCUT2D eigenvalue weighted by atomic mass is 35.5. The Morgan fingerprint density at radius 2 is 1.83 bits per heavy atom. The molecule has 154 valence electrons. The van der Waals surface area contributed by atoms with Crippen LogP contribution in [0.5, 0.6) is 0 Å². The van der Waals surface area contributed by atoms with Crippen LogP contribution in [0.25, 0.3) is 0 Å². The summed E-state index contributed by atoms with van der Waals surface area (Å²) in [5, 5.41) is 0.770. The molecule has 2 aliphatic heterocycles. The maximum absolute atomic E-state index is 11.6. The number of rotatable bonds is 4. The van der Waals surface area contributed by atoms with Gasteiger partial charge in [-0.25, -0.2) is 0 Å². The van der Waals surface area contributed by atoms with Crippen molar-refractivity contribution in [2.24, 2.45) is 0 Å². The van der Waals surface area contributed by atoms with E-state index in [-0.39, 0.29) is 5.91 Å². The van der Waals surface area contributed by atoms with E-state index in [0.29, 0.717) is 12.0 Å². The molecule has 2 aliphatic rings. The minimum Gasteiger partial charge on any atom is -0.343 e. The fraction of sp³-hybridized carbons (Fsp3) is 0.500. The maximum Gasteiger partial charge on any atom is 0.219 e. The Bertz CT molecular complexity index is 830. The Morgan fingerprint density at radius 1 is 1.07 bits per heavy atom. The van der Waals surface area contributed by atoms with Crippen LogP contribution in [0.4, 0.5) is 0 Å². The summed E-state index contributed by atoms with van der Waals surface area (Å²) in [6.07, 6.45) is 5.46. The second kappa shape index (κ2) is 9.27. The lowest BCUT2D eigenvalue weighted by molar-refractivity contribution is -0.130. The van der Waals surface area contributed by atoms with Gasteiger partial charge in [-0.15, -0.1) is 0 Å². The van der Waals surface area contributed by atoms with Gasteiger partial charge in [-0.1, -0.05) is 29.8 Å². The first-order valence-corrected chi connectivity index (χ1v) is 11.2. The summed E-state index contributed by atoms with van der Waals surface area (Å²) in [5.41, 5.74) is 3.58. The van der Waals surface area contributed by atoms with Crippen molar-refractivity contribution in [2.75, 3.05) is 26.2 Å². The summed E-state index contributed by atoms with van der Waals surface area (Å²) in [7, 11) is 0. The number of carbonyl (C=O) groups is 1. The van der Waals surface area contributed by atoms with Crippen molar-refractivity contribution in [3.05, 3.63) is 64.4 Å². The number of hydrogen-bond acceptors (Lipinski definition) is 3. The standard InChI is InChI=1S/C24H30ClN3O/c1-18(29)27-14-11-23(12-15-27)28-13-3-4-20(17-28)24-6-2-5-22(26-24)16-19-7-9-21(25)10-8-19/h2,5-10,20,23H,3-4,11-17H2,1H3. The lowest BCUT2D eigenvalue weighted by atomic mass is 9.91. The number of nitrogens with zero attached hydrogens (tertiary/aromatic N) is 3. The first-order valence-electron chi connectivity index (χ1n) is 10.8. The summed E-state index contributed by atoms with van der Waals surface area (Å²) in [5.74, 6) is 0.710. The molecule has 2 fully saturated rings. The monoisotopic (exact) mass is 411 g/mol. The van der Waals surface area contributed by atoms with Gasteiger partial charge in [0.2, 0.25) is 5.91 Å². The highest BCUT2D eigenvalue weighted by Crippen LogP contribution is 2.29. The minimum atomic E-state index is 0.210. The average Bonchev–Trinajstić information content (AvgIpc) is 2.76. The number of aromatic nitrogens is 1. The number of benzene rings is 1. The van der Waals surface area contributed by atoms with Crippen LogP contribution in [0, 0.1) is 0 Å². The third-order valence-corrected chi connectivity index (χ3v) is 6.68. The Morgan fingerprint density at radius 3 is 2.55 bits per heavy atom. The largest absolute Gasteiger partial charge is 0.343 e. The molecule has 3 heterocycles. The van der Waals surface area contributed by atoms with Crippen LogP contribution in [0.3, 0.4) is 0 Å². The van der Waals surface area contributed by atoms with E-state index in [0.717, 1.165) is 49.6 Å². The molecule has 29 heavy (non-hydrogen) atoms. The zero-order chi connectivity index (χ0) is 20.2. The van der Waals surface area contributed by atoms with Crippen molar-refractivity contribution in [3.63, 3.8) is 0 Å². The molecule has 0 N–H and O–H groups in total. The molecule has 0 radical (unpaired) electrons. The van der Waals surface area contributed by atoms with Crippen molar-refractivity contribution >= 4 is 17.5 Å². The normalized spacial score (nSPS) is 21.3. The van der Waals surface area contributed by atoms with E-state index in [1.807, 2.05) is 17.0 Å². The van der Waals surface area contributed by atoms with E-state index in [4.69, 9.17) is 16.6 Å². The quantitative estimate of drug-likeness (QED) is 0.742. The lowest BCUT2D eigenvalue weighted by Crippen LogP contribution is -2.49. The third kappa shape index (κ3) is 5.18. The number of amides is 1. The van der Waals surface area contributed by atoms with Gasteiger partial charge in [-0.2, -0.15) is 0 Å². The first kappa shape index (κ1) is 20.4. The number of carbonyl (C=O) groups excluding carboxylic acids is 1. The van der Waals surface area contributed by atoms with E-state index >= 15 is 0 Å². The predicted octanol–water partition coefficient (Wildman–Crippen LogP) is 4.52. The minimum absolute atomic E-state index is 0.210. The highest BCUT2D eigenvalue weighted by Gasteiger charge is 2.30. The molecule has 4 rings (SSSR count). The molecule has 0 saturated carbocycles. The van der Waals surface area contributed by atoms with Crippen LogP contribution in [0.2, 0.25) is 5.02 Å². The van der Waals surface area contributed by atoms with E-state index in [9.17, 15) is 4.79 Å². The van der Waals surface area contributed by atoms with Gasteiger partial charge in [0, 0.05) is 61.3 Å². The van der Waals surface area contributed by atoms with E-state index in [2.05, 4.69) is 35.2 Å². The zero-order valence-electron chi connectivity index (χ0n) is 17.2. The lowest BCUT2D eigenvalue weighted by Gasteiger charge is -2.42. The number of hydrogen-bond donors (Lipinski definition) is 0. The smallest absolute Gasteiger partial charge is 0.219 e. The number of likely N-dealkylation sites (tertiary alicyclic amines) is 2. The van der Waals surface area contributed by atoms with Crippen molar-refractivity contribution in [2.45, 2.75) is 51.0 Å². The zero-order valence-corrected chi connectivity index (χ0v) is 17.9. The maximum atomic E-state index is 11.6. The van der Waals surface area contributed by atoms with Crippen molar-refractivity contribution in [1.29, 1.82) is 0 Å². The Labute approximate surface area is 178 Å². The molecular weight excluding hydrogens is 382 g/mol.